The monoisotopic (exact) mass is 236 g/mol. The van der Waals surface area contributed by atoms with E-state index in [1.54, 1.807) is 0 Å². The molecule has 0 saturated carbocycles. The maximum Gasteiger partial charge on any atom is 0.320 e. The molecule has 6 nitrogen and oxygen atoms in total. The fraction of sp³-hybridized carbons (Fsp3) is 0.750. The minimum Gasteiger partial charge on any atom is -0.480 e. The number of sulfonamides is 1. The van der Waals surface area contributed by atoms with E-state index in [1.165, 1.54) is 0 Å². The van der Waals surface area contributed by atoms with Gasteiger partial charge in [-0.3, -0.25) is 4.79 Å². The lowest BCUT2D eigenvalue weighted by Gasteiger charge is -2.00. The smallest absolute Gasteiger partial charge is 0.320 e. The van der Waals surface area contributed by atoms with Crippen molar-refractivity contribution in [1.29, 1.82) is 0 Å². The molecule has 0 aromatic carbocycles. The zero-order valence-electron chi connectivity index (χ0n) is 8.59. The molecule has 0 aromatic heterocycles. The van der Waals surface area contributed by atoms with Gasteiger partial charge in [0.15, 0.2) is 0 Å². The maximum absolute atomic E-state index is 11.2. The highest BCUT2D eigenvalue weighted by molar-refractivity contribution is 7.90. The van der Waals surface area contributed by atoms with Gasteiger partial charge in [-0.15, -0.1) is 0 Å². The molecule has 3 N–H and O–H groups in total. The summed E-state index contributed by atoms with van der Waals surface area (Å²) < 4.78 is 25.6. The zero-order valence-corrected chi connectivity index (χ0v) is 9.40. The molecule has 0 bridgehead atoms. The summed E-state index contributed by atoms with van der Waals surface area (Å²) in [6.45, 7) is 1.87. The summed E-state index contributed by atoms with van der Waals surface area (Å²) in [4.78, 5) is 10.3. The number of nitrogens with two attached hydrogens (primary N) is 1. The van der Waals surface area contributed by atoms with Gasteiger partial charge in [-0.2, -0.15) is 4.40 Å². The van der Waals surface area contributed by atoms with Crippen LogP contribution in [0.25, 0.3) is 0 Å². The number of carboxylic acids is 1. The number of carbonyl (C=O) groups is 1. The molecule has 0 rings (SSSR count). The highest BCUT2D eigenvalue weighted by Gasteiger charge is 2.10. The molecular formula is C8H16N2O4S. The van der Waals surface area contributed by atoms with Crippen LogP contribution >= 0.6 is 0 Å². The van der Waals surface area contributed by atoms with Crippen molar-refractivity contribution in [2.45, 2.75) is 32.2 Å². The van der Waals surface area contributed by atoms with E-state index in [0.717, 1.165) is 12.6 Å². The summed E-state index contributed by atoms with van der Waals surface area (Å²) in [5.74, 6) is -1.19. The summed E-state index contributed by atoms with van der Waals surface area (Å²) in [7, 11) is -3.44. The van der Waals surface area contributed by atoms with Crippen LogP contribution in [0.3, 0.4) is 0 Å². The van der Waals surface area contributed by atoms with Crippen molar-refractivity contribution in [2.75, 3.05) is 5.75 Å². The minimum absolute atomic E-state index is 0.0116. The molecule has 0 aliphatic carbocycles. The molecule has 7 heteroatoms. The van der Waals surface area contributed by atoms with Crippen molar-refractivity contribution in [3.05, 3.63) is 0 Å². The molecule has 0 saturated heterocycles. The first kappa shape index (κ1) is 14.1. The summed E-state index contributed by atoms with van der Waals surface area (Å²) in [6.07, 6.45) is 2.28. The molecule has 0 aliphatic heterocycles. The quantitative estimate of drug-likeness (QED) is 0.604. The second kappa shape index (κ2) is 6.52. The number of hydrogen-bond acceptors (Lipinski definition) is 4. The van der Waals surface area contributed by atoms with Crippen LogP contribution in [0, 0.1) is 0 Å². The van der Waals surface area contributed by atoms with Gasteiger partial charge in [0.05, 0.1) is 5.75 Å². The molecular weight excluding hydrogens is 220 g/mol. The Hall–Kier alpha value is -0.950. The van der Waals surface area contributed by atoms with Crippen molar-refractivity contribution < 1.29 is 18.3 Å². The second-order valence-electron chi connectivity index (χ2n) is 3.11. The molecule has 0 fully saturated rings. The number of aliphatic carboxylic acids is 1. The van der Waals surface area contributed by atoms with Gasteiger partial charge in [-0.1, -0.05) is 13.3 Å². The second-order valence-corrected chi connectivity index (χ2v) is 4.89. The molecule has 0 spiro atoms. The third-order valence-electron chi connectivity index (χ3n) is 1.67. The molecule has 0 amide bonds. The van der Waals surface area contributed by atoms with Gasteiger partial charge >= 0.3 is 5.97 Å². The van der Waals surface area contributed by atoms with E-state index in [9.17, 15) is 13.2 Å². The van der Waals surface area contributed by atoms with Crippen LogP contribution in [-0.4, -0.2) is 37.5 Å². The number of nitrogens with zero attached hydrogens (tertiary/aromatic N) is 1. The Morgan fingerprint density at radius 3 is 2.67 bits per heavy atom. The Morgan fingerprint density at radius 2 is 2.20 bits per heavy atom. The van der Waals surface area contributed by atoms with Crippen LogP contribution in [0.15, 0.2) is 4.40 Å². The van der Waals surface area contributed by atoms with Crippen LogP contribution in [-0.2, 0) is 14.8 Å². The number of unbranched alkanes of at least 4 members (excludes halogenated alkanes) is 1. The van der Waals surface area contributed by atoms with Crippen molar-refractivity contribution in [3.8, 4) is 0 Å². The topological polar surface area (TPSA) is 110 Å². The third-order valence-corrected chi connectivity index (χ3v) is 2.94. The van der Waals surface area contributed by atoms with Gasteiger partial charge in [0, 0.05) is 12.6 Å². The third kappa shape index (κ3) is 7.03. The summed E-state index contributed by atoms with van der Waals surface area (Å²) in [5.41, 5.74) is 5.16. The maximum atomic E-state index is 11.2. The van der Waals surface area contributed by atoms with Crippen molar-refractivity contribution >= 4 is 22.2 Å². The van der Waals surface area contributed by atoms with E-state index < -0.39 is 22.0 Å². The van der Waals surface area contributed by atoms with Crippen molar-refractivity contribution in [3.63, 3.8) is 0 Å². The normalized spacial score (nSPS) is 14.3. The predicted octanol–water partition coefficient (Wildman–Crippen LogP) is -0.0109. The Morgan fingerprint density at radius 1 is 1.60 bits per heavy atom. The highest BCUT2D eigenvalue weighted by Crippen LogP contribution is 1.98. The first-order valence-electron chi connectivity index (χ1n) is 4.64. The highest BCUT2D eigenvalue weighted by atomic mass is 32.2. The average Bonchev–Trinajstić information content (AvgIpc) is 2.14. The SMILES string of the molecule is CCCCS(=O)(=O)/N=C/CC(N)C(=O)O. The lowest BCUT2D eigenvalue weighted by molar-refractivity contribution is -0.138. The van der Waals surface area contributed by atoms with E-state index in [0.29, 0.717) is 6.42 Å². The average molecular weight is 236 g/mol. The molecule has 1 atom stereocenters. The molecule has 15 heavy (non-hydrogen) atoms. The Bertz CT molecular complexity index is 324. The fourth-order valence-electron chi connectivity index (χ4n) is 0.750. The molecule has 0 heterocycles. The molecule has 0 aliphatic rings. The van der Waals surface area contributed by atoms with E-state index in [2.05, 4.69) is 4.40 Å². The van der Waals surface area contributed by atoms with E-state index in [-0.39, 0.29) is 12.2 Å². The van der Waals surface area contributed by atoms with Gasteiger partial charge in [-0.05, 0) is 6.42 Å². The predicted molar refractivity (Wildman–Crippen MR) is 57.4 cm³/mol. The largest absolute Gasteiger partial charge is 0.480 e. The van der Waals surface area contributed by atoms with Gasteiger partial charge in [0.1, 0.15) is 6.04 Å². The van der Waals surface area contributed by atoms with E-state index in [4.69, 9.17) is 10.8 Å². The van der Waals surface area contributed by atoms with Crippen molar-refractivity contribution in [2.24, 2.45) is 10.1 Å². The number of hydrogen-bond donors (Lipinski definition) is 2. The molecule has 0 aromatic rings. The van der Waals surface area contributed by atoms with Crippen LogP contribution in [0.1, 0.15) is 26.2 Å². The zero-order chi connectivity index (χ0) is 11.9. The first-order valence-corrected chi connectivity index (χ1v) is 6.25. The Kier molecular flexibility index (Phi) is 6.11. The standard InChI is InChI=1S/C8H16N2O4S/c1-2-3-6-15(13,14)10-5-4-7(9)8(11)12/h5,7H,2-4,6,9H2,1H3,(H,11,12)/b10-5+. The van der Waals surface area contributed by atoms with Crippen LogP contribution in [0.2, 0.25) is 0 Å². The van der Waals surface area contributed by atoms with Gasteiger partial charge in [-0.25, -0.2) is 8.42 Å². The Labute approximate surface area is 89.2 Å². The van der Waals surface area contributed by atoms with Crippen LogP contribution in [0.4, 0.5) is 0 Å². The lowest BCUT2D eigenvalue weighted by Crippen LogP contribution is -2.30. The summed E-state index contributed by atoms with van der Waals surface area (Å²) in [6, 6.07) is -1.10. The number of rotatable bonds is 7. The number of carboxylic acid groups (broad SMARTS) is 1. The fourth-order valence-corrected chi connectivity index (χ4v) is 1.82. The van der Waals surface area contributed by atoms with Crippen LogP contribution < -0.4 is 5.73 Å². The summed E-state index contributed by atoms with van der Waals surface area (Å²) >= 11 is 0. The van der Waals surface area contributed by atoms with Crippen LogP contribution in [0.5, 0.6) is 0 Å². The van der Waals surface area contributed by atoms with E-state index in [1.807, 2.05) is 6.92 Å². The van der Waals surface area contributed by atoms with Gasteiger partial charge in [0.25, 0.3) is 10.0 Å². The van der Waals surface area contributed by atoms with E-state index >= 15 is 0 Å². The first-order chi connectivity index (χ1) is 6.89. The molecule has 88 valence electrons. The van der Waals surface area contributed by atoms with Gasteiger partial charge in [0.2, 0.25) is 0 Å². The minimum atomic E-state index is -3.44. The van der Waals surface area contributed by atoms with Crippen molar-refractivity contribution in [1.82, 2.24) is 0 Å². The summed E-state index contributed by atoms with van der Waals surface area (Å²) in [5, 5.41) is 8.42. The van der Waals surface area contributed by atoms with Gasteiger partial charge < -0.3 is 10.8 Å². The lowest BCUT2D eigenvalue weighted by atomic mass is 10.2. The molecule has 1 unspecified atom stereocenters. The molecule has 0 radical (unpaired) electrons. The Balaban J connectivity index is 4.11.